The Kier molecular flexibility index (Phi) is 33.5. The fourth-order valence-corrected chi connectivity index (χ4v) is 9.37. The lowest BCUT2D eigenvalue weighted by molar-refractivity contribution is -0.141. The van der Waals surface area contributed by atoms with E-state index in [1.807, 2.05) is 48.5 Å². The first-order chi connectivity index (χ1) is 37.8. The summed E-state index contributed by atoms with van der Waals surface area (Å²) in [6.45, 7) is 25.7. The average Bonchev–Trinajstić information content (AvgIpc) is 3.95. The number of amides is 10. The van der Waals surface area contributed by atoms with Gasteiger partial charge in [0.15, 0.2) is 0 Å². The fraction of sp³-hybridized carbons (Fsp3) is 0.828. The molecule has 0 bridgehead atoms. The number of hydrogen-bond donors (Lipinski definition) is 12. The lowest BCUT2D eigenvalue weighted by Gasteiger charge is -2.34. The molecular formula is C58H108N12O11. The van der Waals surface area contributed by atoms with Crippen LogP contribution in [0.1, 0.15) is 200 Å². The van der Waals surface area contributed by atoms with Crippen molar-refractivity contribution in [3.8, 4) is 0 Å². The van der Waals surface area contributed by atoms with Crippen LogP contribution in [0, 0.1) is 17.8 Å². The molecule has 10 amide bonds. The Balaban J connectivity index is 3.32. The second kappa shape index (κ2) is 36.9. The highest BCUT2D eigenvalue weighted by atomic mass is 16.3. The van der Waals surface area contributed by atoms with Gasteiger partial charge in [0.05, 0.1) is 6.61 Å². The van der Waals surface area contributed by atoms with Crippen LogP contribution in [-0.2, 0) is 47.9 Å². The number of nitrogens with zero attached hydrogens (tertiary/aromatic N) is 1. The molecule has 0 aromatic heterocycles. The average molecular weight is 1150 g/mol. The van der Waals surface area contributed by atoms with Crippen molar-refractivity contribution < 1.29 is 53.1 Å². The second-order valence-electron chi connectivity index (χ2n) is 24.6. The maximum Gasteiger partial charge on any atom is 0.246 e. The number of likely N-dealkylation sites (tertiary alicyclic amines) is 1. The van der Waals surface area contributed by atoms with Crippen LogP contribution in [0.5, 0.6) is 0 Å². The van der Waals surface area contributed by atoms with Gasteiger partial charge in [0.2, 0.25) is 59.1 Å². The Morgan fingerprint density at radius 2 is 1.11 bits per heavy atom. The smallest absolute Gasteiger partial charge is 0.246 e. The Morgan fingerprint density at radius 1 is 0.568 bits per heavy atom. The van der Waals surface area contributed by atoms with Crippen LogP contribution >= 0.6 is 0 Å². The molecule has 1 fully saturated rings. The van der Waals surface area contributed by atoms with Gasteiger partial charge in [-0.2, -0.15) is 0 Å². The van der Waals surface area contributed by atoms with Gasteiger partial charge in [-0.1, -0.05) is 80.6 Å². The zero-order valence-corrected chi connectivity index (χ0v) is 51.8. The largest absolute Gasteiger partial charge is 0.395 e. The van der Waals surface area contributed by atoms with Gasteiger partial charge in [0.1, 0.15) is 46.8 Å². The highest BCUT2D eigenvalue weighted by molar-refractivity contribution is 6.00. The first-order valence-electron chi connectivity index (χ1n) is 29.9. The predicted molar refractivity (Wildman–Crippen MR) is 314 cm³/mol. The number of nitrogens with one attached hydrogen (secondary N) is 10. The molecule has 81 heavy (non-hydrogen) atoms. The number of carbonyl (C=O) groups excluding carboxylic acids is 10. The number of unbranched alkanes of at least 4 members (excludes halogenated alkanes) is 4. The van der Waals surface area contributed by atoms with Gasteiger partial charge in [-0.05, 0) is 131 Å². The summed E-state index contributed by atoms with van der Waals surface area (Å²) < 4.78 is 0. The lowest BCUT2D eigenvalue weighted by Crippen LogP contribution is -2.66. The van der Waals surface area contributed by atoms with E-state index in [0.29, 0.717) is 64.7 Å². The summed E-state index contributed by atoms with van der Waals surface area (Å²) >= 11 is 0. The first-order valence-corrected chi connectivity index (χ1v) is 29.9. The van der Waals surface area contributed by atoms with Crippen molar-refractivity contribution in [3.63, 3.8) is 0 Å². The molecule has 23 nitrogen and oxygen atoms in total. The number of nitrogens with two attached hydrogens (primary N) is 1. The molecule has 1 heterocycles. The van der Waals surface area contributed by atoms with Crippen LogP contribution < -0.4 is 58.9 Å². The van der Waals surface area contributed by atoms with E-state index in [1.54, 1.807) is 4.90 Å². The third kappa shape index (κ3) is 27.9. The van der Waals surface area contributed by atoms with Crippen LogP contribution in [0.4, 0.5) is 0 Å². The predicted octanol–water partition coefficient (Wildman–Crippen LogP) is 2.21. The van der Waals surface area contributed by atoms with E-state index in [1.165, 1.54) is 41.5 Å². The topological polar surface area (TPSA) is 340 Å². The third-order valence-electron chi connectivity index (χ3n) is 14.2. The standard InChI is InChI=1S/C58H108N12O11/c1-15-17-18-19-24-39(7)35-44(66-54(80)57(11,12)69-55(81)58(13,14)67-50(76)41(25-20-21-28-59)63-52(78)45-26-22-31-70(45)47(73)23-16-2)49(75)64-43(34-38(5)6)51(77)68-56(9,10)53(79)65-42(33-37(3)4)48(74)61-29-27-46(72)62-40(8)36-60-30-32-71/h37-45,60,71H,15-36,59H2,1-14H3,(H,61,74)(H,62,72)(H,63,78)(H,64,75)(H,65,79)(H,66,80)(H,67,76)(H,68,77)(H,69,81)/t39-,40+,41+,42+,43+,44+,45+/m1/s1. The minimum Gasteiger partial charge on any atom is -0.395 e. The van der Waals surface area contributed by atoms with Gasteiger partial charge in [-0.15, -0.1) is 0 Å². The van der Waals surface area contributed by atoms with Crippen molar-refractivity contribution in [1.82, 2.24) is 58.1 Å². The molecule has 0 spiro atoms. The highest BCUT2D eigenvalue weighted by Crippen LogP contribution is 2.21. The van der Waals surface area contributed by atoms with Gasteiger partial charge in [-0.3, -0.25) is 47.9 Å². The third-order valence-corrected chi connectivity index (χ3v) is 14.2. The molecule has 0 radical (unpaired) electrons. The van der Waals surface area contributed by atoms with Crippen molar-refractivity contribution in [2.75, 3.05) is 39.3 Å². The van der Waals surface area contributed by atoms with Crippen molar-refractivity contribution in [2.24, 2.45) is 23.5 Å². The van der Waals surface area contributed by atoms with Crippen LogP contribution in [-0.4, -0.2) is 161 Å². The number of carbonyl (C=O) groups is 10. The molecule has 0 saturated carbocycles. The summed E-state index contributed by atoms with van der Waals surface area (Å²) in [6, 6.07) is -5.33. The molecule has 0 unspecified atom stereocenters. The van der Waals surface area contributed by atoms with Crippen molar-refractivity contribution in [3.05, 3.63) is 0 Å². The Labute approximate surface area is 484 Å². The zero-order valence-electron chi connectivity index (χ0n) is 51.8. The number of aliphatic hydroxyl groups is 1. The molecule has 1 saturated heterocycles. The minimum atomic E-state index is -1.66. The fourth-order valence-electron chi connectivity index (χ4n) is 9.37. The minimum absolute atomic E-state index is 0.00793. The molecule has 1 rings (SSSR count). The lowest BCUT2D eigenvalue weighted by atomic mass is 9.93. The molecule has 7 atom stereocenters. The van der Waals surface area contributed by atoms with Gasteiger partial charge in [0.25, 0.3) is 0 Å². The molecule has 23 heteroatoms. The van der Waals surface area contributed by atoms with Crippen LogP contribution in [0.25, 0.3) is 0 Å². The van der Waals surface area contributed by atoms with Crippen molar-refractivity contribution in [1.29, 1.82) is 0 Å². The van der Waals surface area contributed by atoms with Gasteiger partial charge >= 0.3 is 0 Å². The SMILES string of the molecule is CCCCCC[C@@H](C)C[C@H](NC(=O)C(C)(C)NC(=O)C(C)(C)NC(=O)[C@H](CCCCN)NC(=O)[C@@H]1CCCN1C(=O)CCC)C(=O)N[C@@H](CC(C)C)C(=O)NC(C)(C)C(=O)N[C@@H](CC(C)C)C(=O)NCCC(=O)N[C@@H](C)CNCCO. The summed E-state index contributed by atoms with van der Waals surface area (Å²) in [5, 5.41) is 37.1. The van der Waals surface area contributed by atoms with Crippen molar-refractivity contribution in [2.45, 2.75) is 253 Å². The van der Waals surface area contributed by atoms with E-state index >= 15 is 0 Å². The van der Waals surface area contributed by atoms with Gasteiger partial charge in [0, 0.05) is 45.1 Å². The summed E-state index contributed by atoms with van der Waals surface area (Å²) in [6.07, 6.45) is 8.66. The van der Waals surface area contributed by atoms with E-state index in [9.17, 15) is 47.9 Å². The molecule has 466 valence electrons. The van der Waals surface area contributed by atoms with E-state index in [-0.39, 0.29) is 80.9 Å². The molecule has 0 aromatic carbocycles. The maximum atomic E-state index is 14.5. The van der Waals surface area contributed by atoms with Crippen molar-refractivity contribution >= 4 is 59.1 Å². The van der Waals surface area contributed by atoms with Crippen LogP contribution in [0.15, 0.2) is 0 Å². The summed E-state index contributed by atoms with van der Waals surface area (Å²) in [4.78, 5) is 139. The van der Waals surface area contributed by atoms with E-state index in [4.69, 9.17) is 10.8 Å². The number of hydrogen-bond acceptors (Lipinski definition) is 13. The summed E-state index contributed by atoms with van der Waals surface area (Å²) in [5.41, 5.74) is 0.885. The van der Waals surface area contributed by atoms with E-state index in [2.05, 4.69) is 60.1 Å². The Morgan fingerprint density at radius 3 is 1.67 bits per heavy atom. The second-order valence-corrected chi connectivity index (χ2v) is 24.6. The quantitative estimate of drug-likeness (QED) is 0.0392. The molecule has 1 aliphatic rings. The monoisotopic (exact) mass is 1150 g/mol. The summed E-state index contributed by atoms with van der Waals surface area (Å²) in [7, 11) is 0. The highest BCUT2D eigenvalue weighted by Gasteiger charge is 2.42. The normalized spacial score (nSPS) is 16.0. The maximum absolute atomic E-state index is 14.5. The molecule has 0 aliphatic carbocycles. The Hall–Kier alpha value is -5.42. The summed E-state index contributed by atoms with van der Waals surface area (Å²) in [5.74, 6) is -5.65. The number of aliphatic hydroxyl groups excluding tert-OH is 1. The first kappa shape index (κ1) is 73.6. The Bertz CT molecular complexity index is 2030. The molecule has 0 aromatic rings. The molecule has 1 aliphatic heterocycles. The van der Waals surface area contributed by atoms with Crippen LogP contribution in [0.2, 0.25) is 0 Å². The molecular weight excluding hydrogens is 1040 g/mol. The zero-order chi connectivity index (χ0) is 61.7. The number of rotatable bonds is 40. The van der Waals surface area contributed by atoms with Gasteiger partial charge in [-0.25, -0.2) is 0 Å². The van der Waals surface area contributed by atoms with Crippen LogP contribution in [0.3, 0.4) is 0 Å². The molecule has 13 N–H and O–H groups in total. The van der Waals surface area contributed by atoms with E-state index < -0.39 is 94.1 Å². The van der Waals surface area contributed by atoms with E-state index in [0.717, 1.165) is 32.1 Å². The van der Waals surface area contributed by atoms with Gasteiger partial charge < -0.3 is 68.9 Å².